The average molecular weight is 460 g/mol. The summed E-state index contributed by atoms with van der Waals surface area (Å²) in [6.07, 6.45) is 3.63. The molecule has 0 saturated carbocycles. The van der Waals surface area contributed by atoms with Gasteiger partial charge >= 0.3 is 5.97 Å². The third-order valence-corrected chi connectivity index (χ3v) is 8.09. The van der Waals surface area contributed by atoms with Crippen LogP contribution < -0.4 is 9.64 Å². The van der Waals surface area contributed by atoms with Crippen molar-refractivity contribution >= 4 is 27.2 Å². The molecule has 6 nitrogen and oxygen atoms in total. The molecular formula is C25H33NO5S. The Morgan fingerprint density at radius 1 is 1.09 bits per heavy atom. The number of para-hydroxylation sites is 1. The summed E-state index contributed by atoms with van der Waals surface area (Å²) in [5.74, 6) is 0.0978. The lowest BCUT2D eigenvalue weighted by molar-refractivity contribution is -0.145. The Balaban J connectivity index is 2.08. The highest BCUT2D eigenvalue weighted by molar-refractivity contribution is 7.91. The summed E-state index contributed by atoms with van der Waals surface area (Å²) in [6, 6.07) is 14.8. The number of esters is 1. The highest BCUT2D eigenvalue weighted by atomic mass is 32.2. The van der Waals surface area contributed by atoms with Gasteiger partial charge in [0.05, 0.1) is 22.9 Å². The van der Waals surface area contributed by atoms with Crippen LogP contribution in [0.1, 0.15) is 46.5 Å². The number of hydrogen-bond acceptors (Lipinski definition) is 6. The number of anilines is 2. The van der Waals surface area contributed by atoms with E-state index in [1.807, 2.05) is 30.3 Å². The summed E-state index contributed by atoms with van der Waals surface area (Å²) in [5, 5.41) is 0. The number of sulfone groups is 1. The largest absolute Gasteiger partial charge is 0.482 e. The van der Waals surface area contributed by atoms with Gasteiger partial charge in [0.25, 0.3) is 0 Å². The standard InChI is InChI=1S/C25H33NO5S/c1-4-7-15-25(5-2)18-26(20-11-9-8-10-12-20)22-16-21(31-17-24(27)30-6-3)13-14-23(22)32(28,29)19-25/h8-14,16H,4-7,15,17-19H2,1-3H3. The molecule has 0 saturated heterocycles. The second-order valence-electron chi connectivity index (χ2n) is 8.36. The van der Waals surface area contributed by atoms with Crippen molar-refractivity contribution in [2.45, 2.75) is 51.3 Å². The number of carbonyl (C=O) groups excluding carboxylic acids is 1. The molecular weight excluding hydrogens is 426 g/mol. The van der Waals surface area contributed by atoms with Crippen LogP contribution in [0.2, 0.25) is 0 Å². The molecule has 1 unspecified atom stereocenters. The number of benzene rings is 2. The third-order valence-electron chi connectivity index (χ3n) is 6.09. The van der Waals surface area contributed by atoms with Crippen LogP contribution in [0.3, 0.4) is 0 Å². The summed E-state index contributed by atoms with van der Waals surface area (Å²) in [7, 11) is -3.52. The van der Waals surface area contributed by atoms with Crippen LogP contribution in [0.15, 0.2) is 53.4 Å². The van der Waals surface area contributed by atoms with Crippen molar-refractivity contribution in [3.8, 4) is 5.75 Å². The first-order chi connectivity index (χ1) is 15.3. The van der Waals surface area contributed by atoms with Crippen molar-refractivity contribution in [1.29, 1.82) is 0 Å². The Bertz CT molecular complexity index is 1020. The van der Waals surface area contributed by atoms with E-state index in [9.17, 15) is 13.2 Å². The van der Waals surface area contributed by atoms with E-state index in [1.165, 1.54) is 0 Å². The fraction of sp³-hybridized carbons (Fsp3) is 0.480. The van der Waals surface area contributed by atoms with Crippen molar-refractivity contribution in [2.75, 3.05) is 30.4 Å². The molecule has 0 fully saturated rings. The van der Waals surface area contributed by atoms with E-state index in [1.54, 1.807) is 25.1 Å². The predicted molar refractivity (Wildman–Crippen MR) is 126 cm³/mol. The van der Waals surface area contributed by atoms with E-state index >= 15 is 0 Å². The second kappa shape index (κ2) is 10.4. The Morgan fingerprint density at radius 2 is 1.84 bits per heavy atom. The van der Waals surface area contributed by atoms with Crippen LogP contribution >= 0.6 is 0 Å². The predicted octanol–water partition coefficient (Wildman–Crippen LogP) is 5.14. The summed E-state index contributed by atoms with van der Waals surface area (Å²) in [5.41, 5.74) is 1.17. The van der Waals surface area contributed by atoms with E-state index in [0.717, 1.165) is 31.4 Å². The highest BCUT2D eigenvalue weighted by Crippen LogP contribution is 2.45. The van der Waals surface area contributed by atoms with Crippen LogP contribution in [0.25, 0.3) is 0 Å². The van der Waals surface area contributed by atoms with Gasteiger partial charge in [-0.3, -0.25) is 0 Å². The number of rotatable bonds is 9. The normalized spacial score (nSPS) is 19.7. The van der Waals surface area contributed by atoms with E-state index < -0.39 is 15.8 Å². The van der Waals surface area contributed by atoms with Crippen molar-refractivity contribution in [2.24, 2.45) is 5.41 Å². The molecule has 0 spiro atoms. The molecule has 174 valence electrons. The zero-order chi connectivity index (χ0) is 23.2. The fourth-order valence-electron chi connectivity index (χ4n) is 4.28. The molecule has 0 N–H and O–H groups in total. The maximum absolute atomic E-state index is 13.5. The number of ether oxygens (including phenoxy) is 2. The number of fused-ring (bicyclic) bond motifs is 1. The summed E-state index contributed by atoms with van der Waals surface area (Å²) in [6.45, 7) is 6.61. The maximum Gasteiger partial charge on any atom is 0.344 e. The second-order valence-corrected chi connectivity index (χ2v) is 10.3. The molecule has 1 aliphatic rings. The smallest absolute Gasteiger partial charge is 0.344 e. The van der Waals surface area contributed by atoms with Crippen molar-refractivity contribution < 1.29 is 22.7 Å². The van der Waals surface area contributed by atoms with Gasteiger partial charge in [0.15, 0.2) is 16.4 Å². The van der Waals surface area contributed by atoms with E-state index in [2.05, 4.69) is 18.7 Å². The minimum absolute atomic E-state index is 0.121. The van der Waals surface area contributed by atoms with Crippen LogP contribution in [0.4, 0.5) is 11.4 Å². The molecule has 32 heavy (non-hydrogen) atoms. The molecule has 1 atom stereocenters. The molecule has 0 aromatic heterocycles. The van der Waals surface area contributed by atoms with Crippen LogP contribution in [0, 0.1) is 5.41 Å². The Morgan fingerprint density at radius 3 is 2.50 bits per heavy atom. The van der Waals surface area contributed by atoms with Crippen LogP contribution in [0.5, 0.6) is 5.75 Å². The van der Waals surface area contributed by atoms with Crippen molar-refractivity contribution in [3.05, 3.63) is 48.5 Å². The van der Waals surface area contributed by atoms with Gasteiger partial charge < -0.3 is 14.4 Å². The lowest BCUT2D eigenvalue weighted by Gasteiger charge is -2.36. The highest BCUT2D eigenvalue weighted by Gasteiger charge is 2.41. The van der Waals surface area contributed by atoms with Gasteiger partial charge in [0.2, 0.25) is 0 Å². The van der Waals surface area contributed by atoms with E-state index in [0.29, 0.717) is 22.9 Å². The number of hydrogen-bond donors (Lipinski definition) is 0. The SMILES string of the molecule is CCCCC1(CC)CN(c2ccccc2)c2cc(OCC(=O)OCC)ccc2S(=O)(=O)C1. The molecule has 1 heterocycles. The molecule has 3 rings (SSSR count). The minimum Gasteiger partial charge on any atom is -0.482 e. The number of unbranched alkanes of at least 4 members (excludes halogenated alkanes) is 1. The molecule has 2 aromatic carbocycles. The first-order valence-corrected chi connectivity index (χ1v) is 13.0. The van der Waals surface area contributed by atoms with E-state index in [-0.39, 0.29) is 24.4 Å². The maximum atomic E-state index is 13.5. The zero-order valence-corrected chi connectivity index (χ0v) is 20.0. The van der Waals surface area contributed by atoms with Gasteiger partial charge in [0.1, 0.15) is 5.75 Å². The summed E-state index contributed by atoms with van der Waals surface area (Å²) in [4.78, 5) is 14.1. The third kappa shape index (κ3) is 5.44. The van der Waals surface area contributed by atoms with Crippen molar-refractivity contribution in [1.82, 2.24) is 0 Å². The molecule has 2 aromatic rings. The fourth-order valence-corrected chi connectivity index (χ4v) is 6.45. The molecule has 7 heteroatoms. The van der Waals surface area contributed by atoms with Gasteiger partial charge in [-0.15, -0.1) is 0 Å². The quantitative estimate of drug-likeness (QED) is 0.484. The lowest BCUT2D eigenvalue weighted by Crippen LogP contribution is -2.37. The first kappa shape index (κ1) is 24.1. The summed E-state index contributed by atoms with van der Waals surface area (Å²) >= 11 is 0. The average Bonchev–Trinajstić information content (AvgIpc) is 2.89. The topological polar surface area (TPSA) is 72.9 Å². The molecule has 0 radical (unpaired) electrons. The van der Waals surface area contributed by atoms with Crippen LogP contribution in [-0.2, 0) is 19.4 Å². The minimum atomic E-state index is -3.52. The van der Waals surface area contributed by atoms with Crippen LogP contribution in [-0.4, -0.2) is 39.9 Å². The van der Waals surface area contributed by atoms with Gasteiger partial charge in [-0.2, -0.15) is 0 Å². The van der Waals surface area contributed by atoms with Gasteiger partial charge in [-0.25, -0.2) is 13.2 Å². The molecule has 1 aliphatic heterocycles. The van der Waals surface area contributed by atoms with Gasteiger partial charge in [-0.05, 0) is 44.0 Å². The number of carbonyl (C=O) groups is 1. The number of nitrogens with zero attached hydrogens (tertiary/aromatic N) is 1. The lowest BCUT2D eigenvalue weighted by atomic mass is 9.81. The van der Waals surface area contributed by atoms with Gasteiger partial charge in [-0.1, -0.05) is 44.9 Å². The Labute approximate surface area is 191 Å². The molecule has 0 amide bonds. The molecule has 0 aliphatic carbocycles. The van der Waals surface area contributed by atoms with Gasteiger partial charge in [0, 0.05) is 23.7 Å². The Hall–Kier alpha value is -2.54. The molecule has 0 bridgehead atoms. The zero-order valence-electron chi connectivity index (χ0n) is 19.2. The monoisotopic (exact) mass is 459 g/mol. The summed E-state index contributed by atoms with van der Waals surface area (Å²) < 4.78 is 37.6. The van der Waals surface area contributed by atoms with E-state index in [4.69, 9.17) is 9.47 Å². The van der Waals surface area contributed by atoms with Crippen molar-refractivity contribution in [3.63, 3.8) is 0 Å². The Kier molecular flexibility index (Phi) is 7.82. The first-order valence-electron chi connectivity index (χ1n) is 11.3.